The topological polar surface area (TPSA) is 108 Å². The fraction of sp³-hybridized carbons (Fsp3) is 0.536. The van der Waals surface area contributed by atoms with E-state index in [1.165, 1.54) is 28.4 Å². The Kier molecular flexibility index (Phi) is 15.4. The number of ether oxygens (including phenoxy) is 2. The number of rotatable bonds is 20. The zero-order valence-electron chi connectivity index (χ0n) is 26.3. The molecule has 2 rings (SSSR count). The molecule has 2 unspecified atom stereocenters. The van der Waals surface area contributed by atoms with Crippen LogP contribution < -0.4 is 9.47 Å². The van der Waals surface area contributed by atoms with Crippen LogP contribution in [0.1, 0.15) is 37.8 Å². The van der Waals surface area contributed by atoms with E-state index >= 15 is 0 Å². The maximum atomic E-state index is 12.8. The Hall–Kier alpha value is -1.71. The van der Waals surface area contributed by atoms with E-state index in [-0.39, 0.29) is 12.6 Å². The summed E-state index contributed by atoms with van der Waals surface area (Å²) in [6, 6.07) is 15.4. The molecule has 0 bridgehead atoms. The van der Waals surface area contributed by atoms with Gasteiger partial charge in [0.05, 0.1) is 20.4 Å². The molecule has 0 aromatic heterocycles. The Bertz CT molecular complexity index is 1240. The van der Waals surface area contributed by atoms with Crippen molar-refractivity contribution in [2.24, 2.45) is 5.10 Å². The molecule has 0 radical (unpaired) electrons. The van der Waals surface area contributed by atoms with Crippen LogP contribution >= 0.6 is 22.0 Å². The number of nitrogens with zero attached hydrogens (tertiary/aromatic N) is 3. The van der Waals surface area contributed by atoms with Crippen molar-refractivity contribution in [1.82, 2.24) is 9.68 Å². The average Bonchev–Trinajstić information content (AvgIpc) is 3.02. The van der Waals surface area contributed by atoms with Gasteiger partial charge in [-0.15, -0.1) is 9.88 Å². The summed E-state index contributed by atoms with van der Waals surface area (Å²) in [5.41, 5.74) is 1.95. The first-order valence-corrected chi connectivity index (χ1v) is 19.5. The first kappa shape index (κ1) is 37.5. The molecule has 0 saturated heterocycles. The van der Waals surface area contributed by atoms with Crippen LogP contribution in [0, 0.1) is 0 Å². The summed E-state index contributed by atoms with van der Waals surface area (Å²) in [5.74, 6) is 1.49. The molecule has 0 aliphatic heterocycles. The SMILES string of the molecule is CCCC(C)(Oc1ccc(CCN(CP(=O)(OC)OC)CP(=O)(OC)OC)cc1)[P+](=S)N(C)N=Cc1ccc(OC)cc1. The predicted octanol–water partition coefficient (Wildman–Crippen LogP) is 7.15. The number of hydrazone groups is 1. The van der Waals surface area contributed by atoms with Gasteiger partial charge in [0.25, 0.3) is 5.34 Å². The van der Waals surface area contributed by atoms with Crippen LogP contribution in [0.4, 0.5) is 0 Å². The standard InChI is InChI=1S/C28H45N3O8P3S/c1-9-19-28(2,40(43)30(3)29-21-25-12-14-26(34-4)15-13-25)39-27-16-10-24(11-17-27)18-20-31(22-41(32,35-5)36-6)23-42(33,37-7)38-8/h10-17,21H,9,18-20,22-23H2,1-8H3/q+1. The van der Waals surface area contributed by atoms with Crippen LogP contribution in [0.25, 0.3) is 0 Å². The van der Waals surface area contributed by atoms with Gasteiger partial charge in [0.2, 0.25) is 0 Å². The van der Waals surface area contributed by atoms with Crippen molar-refractivity contribution in [2.75, 3.05) is 61.7 Å². The van der Waals surface area contributed by atoms with Gasteiger partial charge < -0.3 is 27.6 Å². The van der Waals surface area contributed by atoms with E-state index in [2.05, 4.69) is 12.0 Å². The molecule has 2 aromatic rings. The van der Waals surface area contributed by atoms with Crippen LogP contribution in [-0.4, -0.2) is 82.9 Å². The molecule has 240 valence electrons. The van der Waals surface area contributed by atoms with Crippen LogP contribution in [0.15, 0.2) is 53.6 Å². The Balaban J connectivity index is 2.12. The molecule has 0 fully saturated rings. The number of methoxy groups -OCH3 is 1. The maximum Gasteiger partial charge on any atom is 0.358 e. The van der Waals surface area contributed by atoms with Crippen LogP contribution in [-0.2, 0) is 45.5 Å². The van der Waals surface area contributed by atoms with Gasteiger partial charge in [-0.1, -0.05) is 19.1 Å². The molecule has 0 spiro atoms. The third-order valence-electron chi connectivity index (χ3n) is 6.71. The van der Waals surface area contributed by atoms with Crippen molar-refractivity contribution in [3.8, 4) is 11.5 Å². The zero-order valence-corrected chi connectivity index (χ0v) is 29.8. The monoisotopic (exact) mass is 676 g/mol. The lowest BCUT2D eigenvalue weighted by molar-refractivity contribution is 0.164. The van der Waals surface area contributed by atoms with E-state index in [1.54, 1.807) is 18.2 Å². The maximum absolute atomic E-state index is 12.8. The lowest BCUT2D eigenvalue weighted by Gasteiger charge is -2.28. The van der Waals surface area contributed by atoms with Gasteiger partial charge in [-0.25, -0.2) is 0 Å². The molecule has 0 N–H and O–H groups in total. The number of hydrogen-bond acceptors (Lipinski definition) is 11. The molecule has 43 heavy (non-hydrogen) atoms. The first-order chi connectivity index (χ1) is 20.4. The normalized spacial score (nSPS) is 14.1. The van der Waals surface area contributed by atoms with Gasteiger partial charge >= 0.3 is 22.0 Å². The molecule has 2 atom stereocenters. The number of hydrogen-bond donors (Lipinski definition) is 0. The molecule has 15 heteroatoms. The van der Waals surface area contributed by atoms with Gasteiger partial charge in [0.1, 0.15) is 24.1 Å². The van der Waals surface area contributed by atoms with Crippen LogP contribution in [0.2, 0.25) is 0 Å². The molecule has 0 saturated carbocycles. The molecule has 0 amide bonds. The smallest absolute Gasteiger partial charge is 0.358 e. The molecule has 0 aliphatic carbocycles. The second-order valence-electron chi connectivity index (χ2n) is 9.83. The minimum atomic E-state index is -3.40. The average molecular weight is 677 g/mol. The summed E-state index contributed by atoms with van der Waals surface area (Å²) >= 11 is 5.98. The number of benzene rings is 2. The molecular weight excluding hydrogens is 631 g/mol. The minimum absolute atomic E-state index is 0.0654. The third kappa shape index (κ3) is 11.6. The fourth-order valence-electron chi connectivity index (χ4n) is 4.16. The van der Waals surface area contributed by atoms with Crippen LogP contribution in [0.3, 0.4) is 0 Å². The summed E-state index contributed by atoms with van der Waals surface area (Å²) in [7, 11) is 1.99. The van der Waals surface area contributed by atoms with Crippen molar-refractivity contribution in [3.05, 3.63) is 59.7 Å². The van der Waals surface area contributed by atoms with E-state index < -0.39 is 27.4 Å². The van der Waals surface area contributed by atoms with Gasteiger partial charge in [-0.2, -0.15) is 0 Å². The van der Waals surface area contributed by atoms with Gasteiger partial charge in [-0.05, 0) is 60.4 Å². The summed E-state index contributed by atoms with van der Waals surface area (Å²) in [5, 5.41) is 3.98. The summed E-state index contributed by atoms with van der Waals surface area (Å²) in [6.45, 7) is 3.34. The molecule has 11 nitrogen and oxygen atoms in total. The van der Waals surface area contributed by atoms with Crippen LogP contribution in [0.5, 0.6) is 11.5 Å². The van der Waals surface area contributed by atoms with E-state index in [0.29, 0.717) is 18.7 Å². The van der Waals surface area contributed by atoms with E-state index in [1.807, 2.05) is 67.3 Å². The van der Waals surface area contributed by atoms with Crippen molar-refractivity contribution in [1.29, 1.82) is 0 Å². The Morgan fingerprint density at radius 1 is 0.884 bits per heavy atom. The minimum Gasteiger partial charge on any atom is -0.497 e. The highest BCUT2D eigenvalue weighted by Crippen LogP contribution is 2.51. The van der Waals surface area contributed by atoms with E-state index in [9.17, 15) is 9.13 Å². The highest BCUT2D eigenvalue weighted by molar-refractivity contribution is 8.04. The lowest BCUT2D eigenvalue weighted by Crippen LogP contribution is -2.31. The fourth-order valence-corrected chi connectivity index (χ4v) is 8.41. The van der Waals surface area contributed by atoms with Crippen molar-refractivity contribution >= 4 is 40.1 Å². The Morgan fingerprint density at radius 2 is 1.40 bits per heavy atom. The molecule has 0 aliphatic rings. The van der Waals surface area contributed by atoms with Crippen molar-refractivity contribution < 1.29 is 36.7 Å². The predicted molar refractivity (Wildman–Crippen MR) is 176 cm³/mol. The third-order valence-corrected chi connectivity index (χ3v) is 14.0. The largest absolute Gasteiger partial charge is 0.497 e. The summed E-state index contributed by atoms with van der Waals surface area (Å²) in [6.07, 6.45) is 3.88. The highest BCUT2D eigenvalue weighted by atomic mass is 32.4. The van der Waals surface area contributed by atoms with E-state index in [4.69, 9.17) is 39.4 Å². The van der Waals surface area contributed by atoms with Crippen molar-refractivity contribution in [3.63, 3.8) is 0 Å². The molecule has 2 aromatic carbocycles. The van der Waals surface area contributed by atoms with Gasteiger partial charge in [0, 0.05) is 48.3 Å². The van der Waals surface area contributed by atoms with Crippen molar-refractivity contribution in [2.45, 2.75) is 38.5 Å². The second kappa shape index (κ2) is 17.7. The first-order valence-electron chi connectivity index (χ1n) is 13.7. The van der Waals surface area contributed by atoms with Gasteiger partial charge in [-0.3, -0.25) is 14.0 Å². The Morgan fingerprint density at radius 3 is 1.86 bits per heavy atom. The lowest BCUT2D eigenvalue weighted by atomic mass is 10.1. The molecular formula is C28H45N3O8P3S+. The summed E-state index contributed by atoms with van der Waals surface area (Å²) in [4.78, 5) is 1.71. The molecule has 0 heterocycles. The van der Waals surface area contributed by atoms with E-state index in [0.717, 1.165) is 29.7 Å². The summed E-state index contributed by atoms with van der Waals surface area (Å²) < 4.78 is 59.5. The quantitative estimate of drug-likeness (QED) is 0.0811. The Labute approximate surface area is 262 Å². The highest BCUT2D eigenvalue weighted by Gasteiger charge is 2.45. The zero-order chi connectivity index (χ0) is 32.1. The van der Waals surface area contributed by atoms with Gasteiger partial charge in [0.15, 0.2) is 11.8 Å². The second-order valence-corrected chi connectivity index (χ2v) is 17.4.